The Morgan fingerprint density at radius 1 is 0.351 bits per heavy atom. The number of carboxylic acids is 4. The zero-order valence-electron chi connectivity index (χ0n) is 56.9. The SMILES string of the molecule is CC(C)C[C@H](NC(=O)[C@H](CC(=O)O)NC(=O)[C@H](CC(=O)N1CCCC1)NC(=O)[C@@H](NC(=O)NC1[C@@H](C)CCC[C@@H]1C)C(C)C)C(=O)O.CC(C)C[C@H](NC(=O)[C@H](CC(=O)O)NC(=O)[C@H](CC(=O)N1CCCC1)NC(=O)[C@@H](NC(=O)NC1[C@H](C)CCC[C@H]1C)C(C)C)C(=O)O. The Labute approximate surface area is 551 Å². The van der Waals surface area contributed by atoms with Crippen molar-refractivity contribution in [2.45, 2.75) is 246 Å². The predicted octanol–water partition coefficient (Wildman–Crippen LogP) is 2.41. The number of amides is 12. The molecule has 2 aliphatic heterocycles. The van der Waals surface area contributed by atoms with E-state index in [0.29, 0.717) is 26.2 Å². The first kappa shape index (κ1) is 80.4. The third-order valence-electron chi connectivity index (χ3n) is 17.8. The summed E-state index contributed by atoms with van der Waals surface area (Å²) in [5.41, 5.74) is 0. The first-order chi connectivity index (χ1) is 44.0. The van der Waals surface area contributed by atoms with Gasteiger partial charge in [0, 0.05) is 38.3 Å². The number of carboxylic acid groups (broad SMARTS) is 4. The Morgan fingerprint density at radius 3 is 0.851 bits per heavy atom. The van der Waals surface area contributed by atoms with Gasteiger partial charge in [0.1, 0.15) is 48.3 Å². The fraction of sp³-hybridized carbons (Fsp3) is 0.781. The third-order valence-corrected chi connectivity index (χ3v) is 17.8. The van der Waals surface area contributed by atoms with E-state index in [1.165, 1.54) is 0 Å². The number of carbonyl (C=O) groups excluding carboxylic acids is 10. The fourth-order valence-corrected chi connectivity index (χ4v) is 12.4. The molecule has 0 aromatic carbocycles. The largest absolute Gasteiger partial charge is 0.481 e. The van der Waals surface area contributed by atoms with E-state index in [1.807, 2.05) is 0 Å². The van der Waals surface area contributed by atoms with Crippen molar-refractivity contribution in [3.05, 3.63) is 0 Å². The number of nitrogens with zero attached hydrogens (tertiary/aromatic N) is 2. The molecule has 2 saturated heterocycles. The predicted molar refractivity (Wildman–Crippen MR) is 344 cm³/mol. The second-order valence-corrected chi connectivity index (χ2v) is 27.6. The summed E-state index contributed by atoms with van der Waals surface area (Å²) in [4.78, 5) is 182. The van der Waals surface area contributed by atoms with Gasteiger partial charge in [-0.2, -0.15) is 0 Å². The number of hydrogen-bond donors (Lipinski definition) is 14. The van der Waals surface area contributed by atoms with Crippen LogP contribution in [0.4, 0.5) is 9.59 Å². The molecule has 532 valence electrons. The molecule has 0 bridgehead atoms. The molecule has 4 fully saturated rings. The van der Waals surface area contributed by atoms with Crippen molar-refractivity contribution in [1.29, 1.82) is 0 Å². The summed E-state index contributed by atoms with van der Waals surface area (Å²) in [6, 6.07) is -12.5. The van der Waals surface area contributed by atoms with Crippen molar-refractivity contribution < 1.29 is 87.5 Å². The lowest BCUT2D eigenvalue weighted by Gasteiger charge is -2.35. The molecule has 0 unspecified atom stereocenters. The maximum Gasteiger partial charge on any atom is 0.326 e. The molecule has 4 aliphatic rings. The Morgan fingerprint density at radius 2 is 0.606 bits per heavy atom. The summed E-state index contributed by atoms with van der Waals surface area (Å²) in [6.07, 6.45) is 6.60. The molecule has 12 amide bonds. The molecular weight excluding hydrogens is 1220 g/mol. The van der Waals surface area contributed by atoms with Crippen LogP contribution >= 0.6 is 0 Å². The van der Waals surface area contributed by atoms with E-state index in [-0.39, 0.29) is 60.4 Å². The van der Waals surface area contributed by atoms with Crippen molar-refractivity contribution >= 4 is 83.2 Å². The normalized spacial score (nSPS) is 20.9. The van der Waals surface area contributed by atoms with Crippen molar-refractivity contribution in [3.63, 3.8) is 0 Å². The van der Waals surface area contributed by atoms with Crippen LogP contribution in [0.2, 0.25) is 0 Å². The average molecular weight is 1330 g/mol. The topological polar surface area (TPSA) is 447 Å². The molecule has 2 saturated carbocycles. The van der Waals surface area contributed by atoms with Gasteiger partial charge in [0.05, 0.1) is 25.7 Å². The number of nitrogens with one attached hydrogen (secondary N) is 10. The molecule has 30 heteroatoms. The smallest absolute Gasteiger partial charge is 0.326 e. The molecule has 0 spiro atoms. The number of likely N-dealkylation sites (tertiary alicyclic amines) is 2. The van der Waals surface area contributed by atoms with Crippen molar-refractivity contribution in [1.82, 2.24) is 63.0 Å². The summed E-state index contributed by atoms with van der Waals surface area (Å²) in [5.74, 6) is -11.9. The van der Waals surface area contributed by atoms with Gasteiger partial charge in [0.2, 0.25) is 47.3 Å². The lowest BCUT2D eigenvalue weighted by atomic mass is 9.79. The quantitative estimate of drug-likeness (QED) is 0.0460. The van der Waals surface area contributed by atoms with E-state index >= 15 is 0 Å². The van der Waals surface area contributed by atoms with E-state index in [1.54, 1.807) is 65.2 Å². The van der Waals surface area contributed by atoms with Crippen molar-refractivity contribution in [2.75, 3.05) is 26.2 Å². The average Bonchev–Trinajstić information content (AvgIpc) is 1.15. The zero-order chi connectivity index (χ0) is 70.8. The number of urea groups is 2. The Hall–Kier alpha value is -7.82. The first-order valence-electron chi connectivity index (χ1n) is 33.4. The van der Waals surface area contributed by atoms with Crippen molar-refractivity contribution in [2.24, 2.45) is 47.3 Å². The van der Waals surface area contributed by atoms with Gasteiger partial charge in [-0.05, 0) is 112 Å². The molecule has 4 rings (SSSR count). The van der Waals surface area contributed by atoms with Crippen LogP contribution in [-0.4, -0.2) is 200 Å². The fourth-order valence-electron chi connectivity index (χ4n) is 12.4. The van der Waals surface area contributed by atoms with Gasteiger partial charge in [0.25, 0.3) is 0 Å². The van der Waals surface area contributed by atoms with Gasteiger partial charge in [0.15, 0.2) is 0 Å². The van der Waals surface area contributed by atoms with Gasteiger partial charge >= 0.3 is 35.9 Å². The lowest BCUT2D eigenvalue weighted by Crippen LogP contribution is -2.60. The summed E-state index contributed by atoms with van der Waals surface area (Å²) in [5, 5.41) is 63.6. The van der Waals surface area contributed by atoms with Crippen molar-refractivity contribution in [3.8, 4) is 0 Å². The molecule has 2 heterocycles. The molecular formula is C64H108N12O18. The van der Waals surface area contributed by atoms with Crippen LogP contribution in [0.3, 0.4) is 0 Å². The Bertz CT molecular complexity index is 2430. The summed E-state index contributed by atoms with van der Waals surface area (Å²) in [6.45, 7) is 24.0. The number of rotatable bonds is 32. The lowest BCUT2D eigenvalue weighted by molar-refractivity contribution is -0.145. The van der Waals surface area contributed by atoms with Crippen LogP contribution in [0.25, 0.3) is 0 Å². The number of carbonyl (C=O) groups is 14. The highest BCUT2D eigenvalue weighted by Gasteiger charge is 2.39. The molecule has 12 atom stereocenters. The van der Waals surface area contributed by atoms with E-state index < -0.39 is 169 Å². The van der Waals surface area contributed by atoms with E-state index in [4.69, 9.17) is 0 Å². The summed E-state index contributed by atoms with van der Waals surface area (Å²) >= 11 is 0. The summed E-state index contributed by atoms with van der Waals surface area (Å²) < 4.78 is 0. The minimum atomic E-state index is -1.69. The Kier molecular flexibility index (Phi) is 33.5. The van der Waals surface area contributed by atoms with Crippen LogP contribution in [0.1, 0.15) is 186 Å². The Balaban J connectivity index is 0.000000490. The van der Waals surface area contributed by atoms with Crippen LogP contribution in [0.5, 0.6) is 0 Å². The standard InChI is InChI=1S/2C32H54N6O9/c2*1-17(2)14-23(31(45)46)35-29(43)22(16-25(40)41)33-28(42)21(15-24(39)38-12-7-8-13-38)34-30(44)26(18(3)4)36-32(47)37-27-19(5)10-9-11-20(27)6/h2*17-23,26-27H,7-16H2,1-6H3,(H,33,42)(H,34,44)(H,35,43)(H,40,41)(H,45,46)(H2,36,37,47)/t19-,20-,21+,22+,23+,26+;19-,20-,21-,22-,23-,26-/m10/s1. The maximum absolute atomic E-state index is 13.6. The minimum absolute atomic E-state index is 0.0631. The second-order valence-electron chi connectivity index (χ2n) is 27.6. The molecule has 0 radical (unpaired) electrons. The number of hydrogen-bond acceptors (Lipinski definition) is 14. The monoisotopic (exact) mass is 1330 g/mol. The van der Waals surface area contributed by atoms with Crippen LogP contribution in [-0.2, 0) is 57.5 Å². The van der Waals surface area contributed by atoms with Gasteiger partial charge in [-0.3, -0.25) is 47.9 Å². The molecule has 0 aromatic rings. The molecule has 0 aromatic heterocycles. The number of aliphatic carboxylic acids is 4. The minimum Gasteiger partial charge on any atom is -0.481 e. The van der Waals surface area contributed by atoms with Gasteiger partial charge in [-0.25, -0.2) is 19.2 Å². The van der Waals surface area contributed by atoms with Gasteiger partial charge in [-0.1, -0.05) is 95.9 Å². The zero-order valence-corrected chi connectivity index (χ0v) is 56.9. The molecule has 2 aliphatic carbocycles. The molecule has 30 nitrogen and oxygen atoms in total. The highest BCUT2D eigenvalue weighted by molar-refractivity contribution is 6.00. The third kappa shape index (κ3) is 27.3. The van der Waals surface area contributed by atoms with Crippen LogP contribution < -0.4 is 53.2 Å². The highest BCUT2D eigenvalue weighted by atomic mass is 16.4. The van der Waals surface area contributed by atoms with E-state index in [9.17, 15) is 87.5 Å². The molecule has 14 N–H and O–H groups in total. The van der Waals surface area contributed by atoms with Gasteiger partial charge in [-0.15, -0.1) is 0 Å². The highest BCUT2D eigenvalue weighted by Crippen LogP contribution is 2.30. The molecule has 94 heavy (non-hydrogen) atoms. The second kappa shape index (κ2) is 39.1. The van der Waals surface area contributed by atoms with Crippen LogP contribution in [0, 0.1) is 47.3 Å². The summed E-state index contributed by atoms with van der Waals surface area (Å²) in [7, 11) is 0. The van der Waals surface area contributed by atoms with E-state index in [0.717, 1.165) is 64.2 Å². The maximum atomic E-state index is 13.6. The van der Waals surface area contributed by atoms with Crippen LogP contribution in [0.15, 0.2) is 0 Å². The van der Waals surface area contributed by atoms with Gasteiger partial charge < -0.3 is 83.4 Å². The van der Waals surface area contributed by atoms with E-state index in [2.05, 4.69) is 80.9 Å². The first-order valence-corrected chi connectivity index (χ1v) is 33.4.